The third kappa shape index (κ3) is 3.38. The van der Waals surface area contributed by atoms with E-state index < -0.39 is 0 Å². The van der Waals surface area contributed by atoms with Gasteiger partial charge < -0.3 is 14.8 Å². The number of carbonyl (C=O) groups is 1. The molecule has 2 atom stereocenters. The van der Waals surface area contributed by atoms with Crippen LogP contribution in [0.25, 0.3) is 0 Å². The van der Waals surface area contributed by atoms with Crippen molar-refractivity contribution in [1.82, 2.24) is 15.3 Å². The molecule has 0 aliphatic carbocycles. The zero-order chi connectivity index (χ0) is 16.9. The molecule has 2 aromatic heterocycles. The topological polar surface area (TPSA) is 73.3 Å². The van der Waals surface area contributed by atoms with Crippen LogP contribution < -0.4 is 10.1 Å². The van der Waals surface area contributed by atoms with Gasteiger partial charge in [-0.3, -0.25) is 9.78 Å². The molecule has 0 radical (unpaired) electrons. The number of aromatic nitrogens is 2. The van der Waals surface area contributed by atoms with Crippen LogP contribution in [0.15, 0.2) is 36.8 Å². The van der Waals surface area contributed by atoms with Gasteiger partial charge in [-0.05, 0) is 30.5 Å². The average molecular weight is 327 g/mol. The number of methoxy groups -OCH3 is 1. The summed E-state index contributed by atoms with van der Waals surface area (Å²) in [5.74, 6) is 0.470. The Hall–Kier alpha value is -2.47. The highest BCUT2D eigenvalue weighted by atomic mass is 16.5. The Bertz CT molecular complexity index is 703. The molecule has 0 unspecified atom stereocenters. The van der Waals surface area contributed by atoms with Crippen molar-refractivity contribution in [3.8, 4) is 5.88 Å². The van der Waals surface area contributed by atoms with Gasteiger partial charge in [-0.2, -0.15) is 0 Å². The normalized spacial score (nSPS) is 19.9. The molecule has 1 saturated heterocycles. The van der Waals surface area contributed by atoms with Gasteiger partial charge >= 0.3 is 0 Å². The fourth-order valence-electron chi connectivity index (χ4n) is 2.92. The molecule has 0 aromatic carbocycles. The zero-order valence-corrected chi connectivity index (χ0v) is 13.9. The molecular weight excluding hydrogens is 306 g/mol. The summed E-state index contributed by atoms with van der Waals surface area (Å²) in [5, 5.41) is 3.10. The Morgan fingerprint density at radius 3 is 2.96 bits per heavy atom. The standard InChI is InChI=1S/C18H21N3O3/c1-3-12-10-19-8-6-14(12)18(22)21-15-7-9-24-17(15)13-4-5-16(23-2)20-11-13/h4-6,8,10-11,15,17H,3,7,9H2,1-2H3,(H,21,22)/t15-,17+/m0/s1. The molecule has 0 saturated carbocycles. The van der Waals surface area contributed by atoms with Crippen LogP contribution in [-0.2, 0) is 11.2 Å². The SMILES string of the molecule is CCc1cnccc1C(=O)N[C@H]1CCO[C@@H]1c1ccc(OC)nc1. The molecule has 1 aliphatic heterocycles. The molecule has 1 N–H and O–H groups in total. The molecule has 1 amide bonds. The van der Waals surface area contributed by atoms with Crippen LogP contribution in [0, 0.1) is 0 Å². The first-order valence-corrected chi connectivity index (χ1v) is 8.08. The number of carbonyl (C=O) groups excluding carboxylic acids is 1. The fourth-order valence-corrected chi connectivity index (χ4v) is 2.92. The van der Waals surface area contributed by atoms with Crippen molar-refractivity contribution in [3.05, 3.63) is 53.5 Å². The highest BCUT2D eigenvalue weighted by molar-refractivity contribution is 5.95. The number of aryl methyl sites for hydroxylation is 1. The van der Waals surface area contributed by atoms with Gasteiger partial charge in [-0.15, -0.1) is 0 Å². The highest BCUT2D eigenvalue weighted by Crippen LogP contribution is 2.29. The average Bonchev–Trinajstić information content (AvgIpc) is 3.09. The van der Waals surface area contributed by atoms with Crippen LogP contribution in [0.5, 0.6) is 5.88 Å². The Morgan fingerprint density at radius 1 is 1.38 bits per heavy atom. The zero-order valence-electron chi connectivity index (χ0n) is 13.9. The third-order valence-corrected chi connectivity index (χ3v) is 4.23. The molecule has 24 heavy (non-hydrogen) atoms. The maximum atomic E-state index is 12.6. The van der Waals surface area contributed by atoms with Crippen molar-refractivity contribution >= 4 is 5.91 Å². The van der Waals surface area contributed by atoms with E-state index in [0.717, 1.165) is 24.0 Å². The van der Waals surface area contributed by atoms with Crippen molar-refractivity contribution < 1.29 is 14.3 Å². The van der Waals surface area contributed by atoms with E-state index in [-0.39, 0.29) is 18.1 Å². The van der Waals surface area contributed by atoms with Crippen LogP contribution in [0.1, 0.15) is 40.9 Å². The fraction of sp³-hybridized carbons (Fsp3) is 0.389. The number of ether oxygens (including phenoxy) is 2. The number of nitrogens with one attached hydrogen (secondary N) is 1. The summed E-state index contributed by atoms with van der Waals surface area (Å²) in [4.78, 5) is 20.9. The molecule has 3 heterocycles. The summed E-state index contributed by atoms with van der Waals surface area (Å²) in [5.41, 5.74) is 2.55. The predicted molar refractivity (Wildman–Crippen MR) is 89.0 cm³/mol. The van der Waals surface area contributed by atoms with Crippen molar-refractivity contribution in [3.63, 3.8) is 0 Å². The van der Waals surface area contributed by atoms with E-state index in [4.69, 9.17) is 9.47 Å². The molecule has 3 rings (SSSR count). The van der Waals surface area contributed by atoms with E-state index in [9.17, 15) is 4.79 Å². The number of hydrogen-bond donors (Lipinski definition) is 1. The first-order chi connectivity index (χ1) is 11.7. The molecular formula is C18H21N3O3. The Labute approximate surface area is 141 Å². The molecule has 0 bridgehead atoms. The third-order valence-electron chi connectivity index (χ3n) is 4.23. The van der Waals surface area contributed by atoms with Crippen molar-refractivity contribution in [2.75, 3.05) is 13.7 Å². The molecule has 6 heteroatoms. The number of amides is 1. The van der Waals surface area contributed by atoms with E-state index in [2.05, 4.69) is 15.3 Å². The Morgan fingerprint density at radius 2 is 2.25 bits per heavy atom. The number of nitrogens with zero attached hydrogens (tertiary/aromatic N) is 2. The van der Waals surface area contributed by atoms with Crippen LogP contribution in [0.4, 0.5) is 0 Å². The summed E-state index contributed by atoms with van der Waals surface area (Å²) in [7, 11) is 1.58. The second-order valence-electron chi connectivity index (χ2n) is 5.68. The molecule has 1 fully saturated rings. The van der Waals surface area contributed by atoms with Gasteiger partial charge in [-0.1, -0.05) is 6.92 Å². The van der Waals surface area contributed by atoms with E-state index in [1.54, 1.807) is 37.8 Å². The van der Waals surface area contributed by atoms with Crippen molar-refractivity contribution in [1.29, 1.82) is 0 Å². The van der Waals surface area contributed by atoms with Crippen molar-refractivity contribution in [2.45, 2.75) is 31.9 Å². The van der Waals surface area contributed by atoms with Gasteiger partial charge in [0.2, 0.25) is 5.88 Å². The summed E-state index contributed by atoms with van der Waals surface area (Å²) < 4.78 is 10.9. The lowest BCUT2D eigenvalue weighted by molar-refractivity contribution is 0.0819. The lowest BCUT2D eigenvalue weighted by atomic mass is 10.0. The van der Waals surface area contributed by atoms with E-state index >= 15 is 0 Å². The number of rotatable bonds is 5. The van der Waals surface area contributed by atoms with Gasteiger partial charge in [0.15, 0.2) is 0 Å². The lowest BCUT2D eigenvalue weighted by Crippen LogP contribution is -2.37. The Balaban J connectivity index is 1.74. The monoisotopic (exact) mass is 327 g/mol. The van der Waals surface area contributed by atoms with E-state index in [1.165, 1.54) is 0 Å². The van der Waals surface area contributed by atoms with Crippen molar-refractivity contribution in [2.24, 2.45) is 0 Å². The van der Waals surface area contributed by atoms with Gasteiger partial charge in [0.05, 0.1) is 13.2 Å². The first kappa shape index (κ1) is 16.4. The van der Waals surface area contributed by atoms with Gasteiger partial charge in [0.1, 0.15) is 6.10 Å². The lowest BCUT2D eigenvalue weighted by Gasteiger charge is -2.20. The van der Waals surface area contributed by atoms with Crippen LogP contribution in [0.2, 0.25) is 0 Å². The highest BCUT2D eigenvalue weighted by Gasteiger charge is 2.31. The molecule has 1 aliphatic rings. The van der Waals surface area contributed by atoms with Gasteiger partial charge in [-0.25, -0.2) is 4.98 Å². The summed E-state index contributed by atoms with van der Waals surface area (Å²) >= 11 is 0. The van der Waals surface area contributed by atoms with Gasteiger partial charge in [0.25, 0.3) is 5.91 Å². The quantitative estimate of drug-likeness (QED) is 0.912. The van der Waals surface area contributed by atoms with E-state index in [0.29, 0.717) is 18.1 Å². The first-order valence-electron chi connectivity index (χ1n) is 8.08. The minimum Gasteiger partial charge on any atom is -0.481 e. The van der Waals surface area contributed by atoms with E-state index in [1.807, 2.05) is 13.0 Å². The maximum Gasteiger partial charge on any atom is 0.251 e. The smallest absolute Gasteiger partial charge is 0.251 e. The molecule has 126 valence electrons. The minimum absolute atomic E-state index is 0.0782. The summed E-state index contributed by atoms with van der Waals surface area (Å²) in [6, 6.07) is 5.40. The van der Waals surface area contributed by atoms with Crippen LogP contribution >= 0.6 is 0 Å². The molecule has 0 spiro atoms. The summed E-state index contributed by atoms with van der Waals surface area (Å²) in [6.07, 6.45) is 6.46. The van der Waals surface area contributed by atoms with Gasteiger partial charge in [0, 0.05) is 42.4 Å². The van der Waals surface area contributed by atoms with Crippen LogP contribution in [0.3, 0.4) is 0 Å². The summed E-state index contributed by atoms with van der Waals surface area (Å²) in [6.45, 7) is 2.62. The number of pyridine rings is 2. The second-order valence-corrected chi connectivity index (χ2v) is 5.68. The minimum atomic E-state index is -0.195. The number of hydrogen-bond acceptors (Lipinski definition) is 5. The maximum absolute atomic E-state index is 12.6. The predicted octanol–water partition coefficient (Wildman–Crippen LogP) is 2.31. The Kier molecular flexibility index (Phi) is 5.05. The molecule has 6 nitrogen and oxygen atoms in total. The molecule has 2 aromatic rings. The van der Waals surface area contributed by atoms with Crippen LogP contribution in [-0.4, -0.2) is 35.6 Å². The largest absolute Gasteiger partial charge is 0.481 e. The second kappa shape index (κ2) is 7.40.